The molecule has 2 rings (SSSR count). The lowest BCUT2D eigenvalue weighted by Crippen LogP contribution is -2.47. The second-order valence-corrected chi connectivity index (χ2v) is 8.36. The number of nitrogens with two attached hydrogens (primary N) is 3. The first-order chi connectivity index (χ1) is 13.7. The second-order valence-electron chi connectivity index (χ2n) is 7.26. The normalized spacial score (nSPS) is 20.9. The Morgan fingerprint density at radius 2 is 1.97 bits per heavy atom. The molecule has 1 aliphatic heterocycles. The Hall–Kier alpha value is -2.68. The third-order valence-corrected chi connectivity index (χ3v) is 5.72. The van der Waals surface area contributed by atoms with Gasteiger partial charge in [0.2, 0.25) is 5.91 Å². The van der Waals surface area contributed by atoms with E-state index < -0.39 is 18.0 Å². The summed E-state index contributed by atoms with van der Waals surface area (Å²) in [4.78, 5) is 30.6. The van der Waals surface area contributed by atoms with Crippen molar-refractivity contribution in [2.75, 3.05) is 6.54 Å². The molecule has 1 heterocycles. The summed E-state index contributed by atoms with van der Waals surface area (Å²) in [6, 6.07) is -1.01. The fraction of sp³-hybridized carbons (Fsp3) is 0.450. The number of allylic oxidation sites excluding steroid dienone is 3. The molecular formula is C20H30N6O2S. The summed E-state index contributed by atoms with van der Waals surface area (Å²) in [5.41, 5.74) is 18.6. The van der Waals surface area contributed by atoms with Crippen molar-refractivity contribution in [3.63, 3.8) is 0 Å². The zero-order valence-corrected chi connectivity index (χ0v) is 17.6. The maximum atomic E-state index is 12.5. The van der Waals surface area contributed by atoms with E-state index in [-0.39, 0.29) is 0 Å². The SMILES string of the molecule is C=C/C=C(\N=C(/N)CC1CC1)C(/SC(=C)NC(=O)N1CCC[C@H]1C(N)=O)=C(\C)N. The van der Waals surface area contributed by atoms with E-state index >= 15 is 0 Å². The number of hydrogen-bond donors (Lipinski definition) is 4. The molecule has 0 bridgehead atoms. The molecule has 9 heteroatoms. The predicted molar refractivity (Wildman–Crippen MR) is 118 cm³/mol. The Labute approximate surface area is 176 Å². The predicted octanol–water partition coefficient (Wildman–Crippen LogP) is 2.27. The van der Waals surface area contributed by atoms with E-state index in [1.807, 2.05) is 0 Å². The van der Waals surface area contributed by atoms with Gasteiger partial charge >= 0.3 is 6.03 Å². The number of primary amides is 1. The van der Waals surface area contributed by atoms with Crippen LogP contribution in [0.1, 0.15) is 39.0 Å². The maximum absolute atomic E-state index is 12.5. The van der Waals surface area contributed by atoms with Gasteiger partial charge in [-0.3, -0.25) is 4.79 Å². The molecule has 29 heavy (non-hydrogen) atoms. The average molecular weight is 419 g/mol. The van der Waals surface area contributed by atoms with Crippen LogP contribution >= 0.6 is 11.8 Å². The van der Waals surface area contributed by atoms with E-state index in [2.05, 4.69) is 23.5 Å². The van der Waals surface area contributed by atoms with Gasteiger partial charge in [0.05, 0.1) is 21.5 Å². The van der Waals surface area contributed by atoms with E-state index in [1.165, 1.54) is 29.5 Å². The Morgan fingerprint density at radius 3 is 2.52 bits per heavy atom. The van der Waals surface area contributed by atoms with Gasteiger partial charge in [0.1, 0.15) is 6.04 Å². The van der Waals surface area contributed by atoms with Crippen LogP contribution in [0.2, 0.25) is 0 Å². The van der Waals surface area contributed by atoms with Crippen molar-refractivity contribution in [1.82, 2.24) is 10.2 Å². The minimum Gasteiger partial charge on any atom is -0.401 e. The topological polar surface area (TPSA) is 140 Å². The van der Waals surface area contributed by atoms with Crippen LogP contribution in [0, 0.1) is 5.92 Å². The molecule has 1 aliphatic carbocycles. The third-order valence-electron chi connectivity index (χ3n) is 4.64. The van der Waals surface area contributed by atoms with Crippen LogP contribution in [0.5, 0.6) is 0 Å². The monoisotopic (exact) mass is 418 g/mol. The summed E-state index contributed by atoms with van der Waals surface area (Å²) in [6.07, 6.45) is 7.72. The molecule has 2 aliphatic rings. The number of amides is 3. The first kappa shape index (κ1) is 22.6. The summed E-state index contributed by atoms with van der Waals surface area (Å²) in [6.45, 7) is 9.84. The highest BCUT2D eigenvalue weighted by Crippen LogP contribution is 2.34. The van der Waals surface area contributed by atoms with Gasteiger partial charge in [-0.25, -0.2) is 9.79 Å². The largest absolute Gasteiger partial charge is 0.401 e. The average Bonchev–Trinajstić information content (AvgIpc) is 3.29. The molecule has 0 unspecified atom stereocenters. The zero-order valence-electron chi connectivity index (χ0n) is 16.8. The molecule has 0 spiro atoms. The van der Waals surface area contributed by atoms with Gasteiger partial charge in [-0.2, -0.15) is 0 Å². The molecule has 0 aromatic rings. The standard InChI is InChI=1S/C20H30N6O2S/c1-4-6-15(25-17(22)11-14-8-9-14)18(12(2)21)29-13(3)24-20(28)26-10-5-7-16(26)19(23)27/h4,6,14,16H,1,3,5,7-11,21H2,2H3,(H2,22,25)(H2,23,27)(H,24,28)/b15-6-,18-12-/t16-/m0/s1. The third kappa shape index (κ3) is 6.70. The Morgan fingerprint density at radius 1 is 1.28 bits per heavy atom. The number of carbonyl (C=O) groups is 2. The fourth-order valence-electron chi connectivity index (χ4n) is 3.07. The van der Waals surface area contributed by atoms with Gasteiger partial charge < -0.3 is 27.4 Å². The Kier molecular flexibility index (Phi) is 7.95. The minimum atomic E-state index is -0.595. The first-order valence-corrected chi connectivity index (χ1v) is 10.4. The number of hydrogen-bond acceptors (Lipinski definition) is 5. The van der Waals surface area contributed by atoms with Crippen molar-refractivity contribution in [2.45, 2.75) is 45.1 Å². The van der Waals surface area contributed by atoms with Gasteiger partial charge in [0.25, 0.3) is 0 Å². The number of aliphatic imine (C=N–C) groups is 1. The number of rotatable bonds is 9. The van der Waals surface area contributed by atoms with Crippen LogP contribution in [-0.4, -0.2) is 35.3 Å². The fourth-order valence-corrected chi connectivity index (χ4v) is 3.84. The summed E-state index contributed by atoms with van der Waals surface area (Å²) in [5, 5.41) is 3.07. The number of amidine groups is 1. The molecule has 0 radical (unpaired) electrons. The van der Waals surface area contributed by atoms with Gasteiger partial charge in [0, 0.05) is 18.7 Å². The van der Waals surface area contributed by atoms with Crippen LogP contribution in [0.25, 0.3) is 0 Å². The lowest BCUT2D eigenvalue weighted by atomic mass is 10.2. The van der Waals surface area contributed by atoms with E-state index in [4.69, 9.17) is 17.2 Å². The number of thioether (sulfide) groups is 1. The molecule has 1 saturated heterocycles. The summed E-state index contributed by atoms with van der Waals surface area (Å²) < 4.78 is 0. The van der Waals surface area contributed by atoms with Crippen LogP contribution in [-0.2, 0) is 4.79 Å². The summed E-state index contributed by atoms with van der Waals surface area (Å²) in [7, 11) is 0. The van der Waals surface area contributed by atoms with Crippen LogP contribution in [0.3, 0.4) is 0 Å². The maximum Gasteiger partial charge on any atom is 0.322 e. The Balaban J connectivity index is 2.08. The molecule has 0 aromatic carbocycles. The van der Waals surface area contributed by atoms with E-state index in [9.17, 15) is 9.59 Å². The van der Waals surface area contributed by atoms with Crippen LogP contribution < -0.4 is 22.5 Å². The summed E-state index contributed by atoms with van der Waals surface area (Å²) in [5.74, 6) is 0.637. The molecule has 1 saturated carbocycles. The molecule has 3 amide bonds. The lowest BCUT2D eigenvalue weighted by Gasteiger charge is -2.23. The highest BCUT2D eigenvalue weighted by atomic mass is 32.2. The molecule has 8 nitrogen and oxygen atoms in total. The van der Waals surface area contributed by atoms with Gasteiger partial charge in [0.15, 0.2) is 0 Å². The quantitative estimate of drug-likeness (QED) is 0.258. The zero-order chi connectivity index (χ0) is 21.6. The van der Waals surface area contributed by atoms with Crippen LogP contribution in [0.4, 0.5) is 4.79 Å². The molecule has 1 atom stereocenters. The first-order valence-electron chi connectivity index (χ1n) is 9.59. The highest BCUT2D eigenvalue weighted by molar-refractivity contribution is 8.06. The smallest absolute Gasteiger partial charge is 0.322 e. The van der Waals surface area contributed by atoms with Crippen molar-refractivity contribution in [2.24, 2.45) is 28.1 Å². The number of urea groups is 1. The van der Waals surface area contributed by atoms with Crippen molar-refractivity contribution in [3.05, 3.63) is 46.6 Å². The van der Waals surface area contributed by atoms with Crippen molar-refractivity contribution in [3.8, 4) is 0 Å². The molecule has 7 N–H and O–H groups in total. The molecule has 158 valence electrons. The highest BCUT2D eigenvalue weighted by Gasteiger charge is 2.33. The van der Waals surface area contributed by atoms with E-state index in [1.54, 1.807) is 19.1 Å². The van der Waals surface area contributed by atoms with Crippen molar-refractivity contribution < 1.29 is 9.59 Å². The van der Waals surface area contributed by atoms with Gasteiger partial charge in [-0.05, 0) is 44.6 Å². The van der Waals surface area contributed by atoms with Gasteiger partial charge in [-0.1, -0.05) is 31.0 Å². The molecule has 2 fully saturated rings. The molecule has 0 aromatic heterocycles. The van der Waals surface area contributed by atoms with Crippen LogP contribution in [0.15, 0.2) is 51.6 Å². The number of carbonyl (C=O) groups excluding carboxylic acids is 2. The van der Waals surface area contributed by atoms with Gasteiger partial charge in [-0.15, -0.1) is 0 Å². The Bertz CT molecular complexity index is 778. The van der Waals surface area contributed by atoms with E-state index in [0.29, 0.717) is 46.0 Å². The number of likely N-dealkylation sites (tertiary alicyclic amines) is 1. The number of nitrogens with one attached hydrogen (secondary N) is 1. The summed E-state index contributed by atoms with van der Waals surface area (Å²) >= 11 is 1.18. The van der Waals surface area contributed by atoms with E-state index in [0.717, 1.165) is 12.8 Å². The minimum absolute atomic E-state index is 0.357. The molecular weight excluding hydrogens is 388 g/mol. The number of nitrogens with zero attached hydrogens (tertiary/aromatic N) is 2. The van der Waals surface area contributed by atoms with Crippen molar-refractivity contribution >= 4 is 29.5 Å². The lowest BCUT2D eigenvalue weighted by molar-refractivity contribution is -0.121. The second kappa shape index (κ2) is 10.2. The van der Waals surface area contributed by atoms with Crippen molar-refractivity contribution in [1.29, 1.82) is 0 Å².